The van der Waals surface area contributed by atoms with Gasteiger partial charge >= 0.3 is 0 Å². The van der Waals surface area contributed by atoms with E-state index in [-0.39, 0.29) is 11.7 Å². The topological polar surface area (TPSA) is 71.1 Å². The Bertz CT molecular complexity index is 487. The molecule has 1 fully saturated rings. The highest BCUT2D eigenvalue weighted by atomic mass is 19.1. The Hall–Kier alpha value is -1.82. The largest absolute Gasteiger partial charge is 0.409 e. The third-order valence-electron chi connectivity index (χ3n) is 3.55. The summed E-state index contributed by atoms with van der Waals surface area (Å²) in [6.07, 6.45) is 2.16. The first-order valence-electron chi connectivity index (χ1n) is 6.68. The predicted octanol–water partition coefficient (Wildman–Crippen LogP) is 1.78. The van der Waals surface area contributed by atoms with Crippen LogP contribution in [0, 0.1) is 11.7 Å². The van der Waals surface area contributed by atoms with E-state index in [4.69, 9.17) is 15.7 Å². The van der Waals surface area contributed by atoms with Gasteiger partial charge in [-0.2, -0.15) is 0 Å². The predicted molar refractivity (Wildman–Crippen MR) is 75.7 cm³/mol. The number of hydrogen-bond donors (Lipinski definition) is 2. The maximum Gasteiger partial charge on any atom is 0.170 e. The molecule has 1 aromatic carbocycles. The van der Waals surface area contributed by atoms with Crippen molar-refractivity contribution in [3.63, 3.8) is 0 Å². The average Bonchev–Trinajstić information content (AvgIpc) is 2.47. The van der Waals surface area contributed by atoms with Gasteiger partial charge in [-0.3, -0.25) is 0 Å². The van der Waals surface area contributed by atoms with Crippen LogP contribution >= 0.6 is 0 Å². The minimum atomic E-state index is -0.381. The fraction of sp³-hybridized carbons (Fsp3) is 0.500. The van der Waals surface area contributed by atoms with Crippen LogP contribution in [-0.4, -0.2) is 37.8 Å². The summed E-state index contributed by atoms with van der Waals surface area (Å²) in [4.78, 5) is 1.88. The van der Waals surface area contributed by atoms with Gasteiger partial charge in [0, 0.05) is 25.8 Å². The van der Waals surface area contributed by atoms with Gasteiger partial charge in [-0.25, -0.2) is 4.39 Å². The number of benzene rings is 1. The number of halogens is 1. The van der Waals surface area contributed by atoms with Crippen LogP contribution in [-0.2, 0) is 4.74 Å². The molecule has 0 radical (unpaired) electrons. The number of nitrogens with zero attached hydrogens (tertiary/aromatic N) is 2. The summed E-state index contributed by atoms with van der Waals surface area (Å²) in [5, 5.41) is 11.5. The van der Waals surface area contributed by atoms with Crippen molar-refractivity contribution in [2.75, 3.05) is 31.7 Å². The highest BCUT2D eigenvalue weighted by molar-refractivity contribution is 5.97. The fourth-order valence-corrected chi connectivity index (χ4v) is 2.47. The van der Waals surface area contributed by atoms with Gasteiger partial charge in [0.25, 0.3) is 0 Å². The van der Waals surface area contributed by atoms with Crippen LogP contribution in [0.1, 0.15) is 18.4 Å². The Kier molecular flexibility index (Phi) is 4.79. The van der Waals surface area contributed by atoms with Gasteiger partial charge in [-0.1, -0.05) is 5.16 Å². The summed E-state index contributed by atoms with van der Waals surface area (Å²) < 4.78 is 19.5. The first-order valence-corrected chi connectivity index (χ1v) is 6.68. The van der Waals surface area contributed by atoms with Crippen LogP contribution in [0.3, 0.4) is 0 Å². The van der Waals surface area contributed by atoms with Crippen LogP contribution in [0.2, 0.25) is 0 Å². The number of hydrogen-bond acceptors (Lipinski definition) is 4. The highest BCUT2D eigenvalue weighted by Crippen LogP contribution is 2.22. The van der Waals surface area contributed by atoms with Gasteiger partial charge in [0.1, 0.15) is 5.82 Å². The molecule has 1 aliphatic rings. The Morgan fingerprint density at radius 2 is 2.40 bits per heavy atom. The lowest BCUT2D eigenvalue weighted by Crippen LogP contribution is -2.31. The molecule has 3 N–H and O–H groups in total. The van der Waals surface area contributed by atoms with E-state index in [1.54, 1.807) is 12.1 Å². The van der Waals surface area contributed by atoms with Gasteiger partial charge in [-0.05, 0) is 37.0 Å². The van der Waals surface area contributed by atoms with Gasteiger partial charge in [0.2, 0.25) is 0 Å². The second-order valence-corrected chi connectivity index (χ2v) is 5.12. The maximum absolute atomic E-state index is 14.1. The summed E-state index contributed by atoms with van der Waals surface area (Å²) >= 11 is 0. The number of ether oxygens (including phenoxy) is 1. The van der Waals surface area contributed by atoms with Crippen LogP contribution < -0.4 is 10.6 Å². The molecular formula is C14H20FN3O2. The van der Waals surface area contributed by atoms with Crippen molar-refractivity contribution in [3.05, 3.63) is 29.6 Å². The average molecular weight is 281 g/mol. The minimum Gasteiger partial charge on any atom is -0.409 e. The van der Waals surface area contributed by atoms with Crippen molar-refractivity contribution in [2.24, 2.45) is 16.8 Å². The van der Waals surface area contributed by atoms with E-state index in [2.05, 4.69) is 5.16 Å². The molecule has 0 aliphatic carbocycles. The third kappa shape index (κ3) is 3.39. The lowest BCUT2D eigenvalue weighted by atomic mass is 10.0. The Morgan fingerprint density at radius 3 is 3.00 bits per heavy atom. The standard InChI is InChI=1S/C14H20FN3O2/c1-18(8-10-3-2-6-20-9-10)13-5-4-11(7-12(13)15)14(16)17-19/h4-5,7,10,19H,2-3,6,8-9H2,1H3,(H2,16,17). The smallest absolute Gasteiger partial charge is 0.170 e. The van der Waals surface area contributed by atoms with Crippen LogP contribution in [0.15, 0.2) is 23.4 Å². The molecule has 110 valence electrons. The first-order chi connectivity index (χ1) is 9.61. The second kappa shape index (κ2) is 6.56. The number of anilines is 1. The molecule has 0 spiro atoms. The zero-order valence-electron chi connectivity index (χ0n) is 11.6. The summed E-state index contributed by atoms with van der Waals surface area (Å²) in [6, 6.07) is 4.56. The SMILES string of the molecule is CN(CC1CCCOC1)c1ccc(C(N)=NO)cc1F. The Balaban J connectivity index is 2.07. The maximum atomic E-state index is 14.1. The van der Waals surface area contributed by atoms with Crippen molar-refractivity contribution >= 4 is 11.5 Å². The molecule has 0 amide bonds. The van der Waals surface area contributed by atoms with E-state index in [0.29, 0.717) is 17.2 Å². The van der Waals surface area contributed by atoms with Crippen molar-refractivity contribution in [2.45, 2.75) is 12.8 Å². The molecule has 1 heterocycles. The summed E-state index contributed by atoms with van der Waals surface area (Å²) in [5.41, 5.74) is 6.31. The van der Waals surface area contributed by atoms with E-state index >= 15 is 0 Å². The molecule has 1 unspecified atom stereocenters. The zero-order valence-corrected chi connectivity index (χ0v) is 11.6. The second-order valence-electron chi connectivity index (χ2n) is 5.12. The number of nitrogens with two attached hydrogens (primary N) is 1. The molecule has 1 aromatic rings. The van der Waals surface area contributed by atoms with Crippen LogP contribution in [0.25, 0.3) is 0 Å². The van der Waals surface area contributed by atoms with Crippen molar-refractivity contribution < 1.29 is 14.3 Å². The van der Waals surface area contributed by atoms with Gasteiger partial charge in [0.05, 0.1) is 12.3 Å². The van der Waals surface area contributed by atoms with E-state index in [9.17, 15) is 4.39 Å². The monoisotopic (exact) mass is 281 g/mol. The summed E-state index contributed by atoms with van der Waals surface area (Å²) in [5.74, 6) is -0.0518. The lowest BCUT2D eigenvalue weighted by Gasteiger charge is -2.28. The zero-order chi connectivity index (χ0) is 14.5. The molecule has 1 saturated heterocycles. The molecule has 6 heteroatoms. The van der Waals surface area contributed by atoms with E-state index in [0.717, 1.165) is 32.6 Å². The molecular weight excluding hydrogens is 261 g/mol. The Morgan fingerprint density at radius 1 is 1.60 bits per heavy atom. The number of rotatable bonds is 4. The molecule has 0 saturated carbocycles. The third-order valence-corrected chi connectivity index (χ3v) is 3.55. The molecule has 0 bridgehead atoms. The molecule has 1 atom stereocenters. The highest BCUT2D eigenvalue weighted by Gasteiger charge is 2.18. The van der Waals surface area contributed by atoms with Crippen molar-refractivity contribution in [3.8, 4) is 0 Å². The van der Waals surface area contributed by atoms with Crippen LogP contribution in [0.5, 0.6) is 0 Å². The van der Waals surface area contributed by atoms with Gasteiger partial charge < -0.3 is 20.6 Å². The summed E-state index contributed by atoms with van der Waals surface area (Å²) in [7, 11) is 1.86. The quantitative estimate of drug-likeness (QED) is 0.382. The van der Waals surface area contributed by atoms with E-state index < -0.39 is 0 Å². The van der Waals surface area contributed by atoms with E-state index in [1.807, 2.05) is 11.9 Å². The molecule has 5 nitrogen and oxygen atoms in total. The van der Waals surface area contributed by atoms with Crippen molar-refractivity contribution in [1.29, 1.82) is 0 Å². The fourth-order valence-electron chi connectivity index (χ4n) is 2.47. The van der Waals surface area contributed by atoms with Crippen molar-refractivity contribution in [1.82, 2.24) is 0 Å². The molecule has 0 aromatic heterocycles. The number of oxime groups is 1. The first kappa shape index (κ1) is 14.6. The van der Waals surface area contributed by atoms with Gasteiger partial charge in [-0.15, -0.1) is 0 Å². The lowest BCUT2D eigenvalue weighted by molar-refractivity contribution is 0.0576. The van der Waals surface area contributed by atoms with E-state index in [1.165, 1.54) is 6.07 Å². The summed E-state index contributed by atoms with van der Waals surface area (Å²) in [6.45, 7) is 2.30. The molecule has 2 rings (SSSR count). The normalized spacial score (nSPS) is 19.9. The minimum absolute atomic E-state index is 0.0983. The number of amidine groups is 1. The van der Waals surface area contributed by atoms with Crippen LogP contribution in [0.4, 0.5) is 10.1 Å². The molecule has 1 aliphatic heterocycles. The molecule has 20 heavy (non-hydrogen) atoms. The van der Waals surface area contributed by atoms with Gasteiger partial charge in [0.15, 0.2) is 5.84 Å². The Labute approximate surface area is 117 Å².